The number of hydrogen-bond acceptors (Lipinski definition) is 4. The number of methoxy groups -OCH3 is 2. The van der Waals surface area contributed by atoms with E-state index in [4.69, 9.17) is 9.47 Å². The zero-order valence-corrected chi connectivity index (χ0v) is 5.49. The monoisotopic (exact) mass is 134 g/mol. The molecule has 2 unspecified atom stereocenters. The Morgan fingerprint density at radius 3 is 1.78 bits per heavy atom. The van der Waals surface area contributed by atoms with Gasteiger partial charge < -0.3 is 9.47 Å². The van der Waals surface area contributed by atoms with Gasteiger partial charge >= 0.3 is 0 Å². The van der Waals surface area contributed by atoms with E-state index in [1.807, 2.05) is 0 Å². The molecule has 54 valence electrons. The molecule has 0 saturated carbocycles. The summed E-state index contributed by atoms with van der Waals surface area (Å²) in [5.74, 6) is 0. The highest BCUT2D eigenvalue weighted by molar-refractivity contribution is 4.50. The van der Waals surface area contributed by atoms with E-state index in [-0.39, 0.29) is 12.6 Å². The van der Waals surface area contributed by atoms with Gasteiger partial charge in [-0.2, -0.15) is 0 Å². The molecule has 9 heavy (non-hydrogen) atoms. The van der Waals surface area contributed by atoms with Crippen LogP contribution in [0.1, 0.15) is 6.42 Å². The Kier molecular flexibility index (Phi) is 2.41. The summed E-state index contributed by atoms with van der Waals surface area (Å²) in [6, 6.07) is 0. The Balaban J connectivity index is 2.20. The first-order chi connectivity index (χ1) is 4.36. The largest absolute Gasteiger partial charge is 0.353 e. The summed E-state index contributed by atoms with van der Waals surface area (Å²) >= 11 is 0. The molecule has 0 aromatic heterocycles. The third-order valence-corrected chi connectivity index (χ3v) is 1.18. The molecule has 0 bridgehead atoms. The van der Waals surface area contributed by atoms with E-state index < -0.39 is 0 Å². The molecule has 1 aliphatic heterocycles. The first kappa shape index (κ1) is 6.95. The second kappa shape index (κ2) is 3.12. The fourth-order valence-electron chi connectivity index (χ4n) is 0.631. The number of ether oxygens (including phenoxy) is 2. The quantitative estimate of drug-likeness (QED) is 0.508. The fourth-order valence-corrected chi connectivity index (χ4v) is 0.631. The standard InChI is InChI=1S/C5H10O4/c1-6-4-3-5(7-2)9-8-4/h4-5H,3H2,1-2H3. The van der Waals surface area contributed by atoms with Crippen molar-refractivity contribution in [1.82, 2.24) is 0 Å². The van der Waals surface area contributed by atoms with Gasteiger partial charge in [0.1, 0.15) is 0 Å². The number of hydrogen-bond donors (Lipinski definition) is 0. The molecule has 0 aliphatic carbocycles. The van der Waals surface area contributed by atoms with Crippen LogP contribution in [0.25, 0.3) is 0 Å². The maximum Gasteiger partial charge on any atom is 0.195 e. The third kappa shape index (κ3) is 1.62. The van der Waals surface area contributed by atoms with Crippen LogP contribution in [-0.2, 0) is 19.2 Å². The molecule has 0 amide bonds. The fraction of sp³-hybridized carbons (Fsp3) is 1.00. The number of rotatable bonds is 2. The smallest absolute Gasteiger partial charge is 0.195 e. The summed E-state index contributed by atoms with van der Waals surface area (Å²) in [6.07, 6.45) is 0.0948. The van der Waals surface area contributed by atoms with Crippen molar-refractivity contribution < 1.29 is 19.2 Å². The van der Waals surface area contributed by atoms with Gasteiger partial charge in [-0.25, -0.2) is 9.78 Å². The average Bonchev–Trinajstić information content (AvgIpc) is 2.34. The van der Waals surface area contributed by atoms with Crippen molar-refractivity contribution in [2.45, 2.75) is 19.0 Å². The van der Waals surface area contributed by atoms with Crippen LogP contribution < -0.4 is 0 Å². The lowest BCUT2D eigenvalue weighted by molar-refractivity contribution is -0.366. The van der Waals surface area contributed by atoms with Crippen LogP contribution in [-0.4, -0.2) is 26.8 Å². The highest BCUT2D eigenvalue weighted by atomic mass is 17.3. The Hall–Kier alpha value is -0.160. The summed E-state index contributed by atoms with van der Waals surface area (Å²) in [4.78, 5) is 9.32. The Morgan fingerprint density at radius 2 is 1.56 bits per heavy atom. The van der Waals surface area contributed by atoms with Gasteiger partial charge in [-0.3, -0.25) is 0 Å². The first-order valence-corrected chi connectivity index (χ1v) is 2.74. The topological polar surface area (TPSA) is 36.9 Å². The van der Waals surface area contributed by atoms with Crippen molar-refractivity contribution >= 4 is 0 Å². The minimum atomic E-state index is -0.269. The molecule has 2 atom stereocenters. The van der Waals surface area contributed by atoms with Gasteiger partial charge in [0.05, 0.1) is 6.42 Å². The molecule has 1 aliphatic rings. The SMILES string of the molecule is COC1CC(OC)OO1. The molecule has 4 heteroatoms. The van der Waals surface area contributed by atoms with Crippen LogP contribution in [0.4, 0.5) is 0 Å². The summed E-state index contributed by atoms with van der Waals surface area (Å²) in [6.45, 7) is 0. The van der Waals surface area contributed by atoms with E-state index in [1.54, 1.807) is 14.2 Å². The summed E-state index contributed by atoms with van der Waals surface area (Å²) in [5, 5.41) is 0. The lowest BCUT2D eigenvalue weighted by Crippen LogP contribution is -2.09. The van der Waals surface area contributed by atoms with Crippen LogP contribution in [0.3, 0.4) is 0 Å². The molecule has 0 spiro atoms. The van der Waals surface area contributed by atoms with E-state index in [2.05, 4.69) is 9.78 Å². The van der Waals surface area contributed by atoms with E-state index in [0.717, 1.165) is 0 Å². The second-order valence-electron chi connectivity index (χ2n) is 1.76. The van der Waals surface area contributed by atoms with Crippen LogP contribution in [0, 0.1) is 0 Å². The minimum absolute atomic E-state index is 0.269. The van der Waals surface area contributed by atoms with Crippen molar-refractivity contribution in [2.24, 2.45) is 0 Å². The molecular weight excluding hydrogens is 124 g/mol. The molecule has 1 rings (SSSR count). The van der Waals surface area contributed by atoms with Crippen molar-refractivity contribution in [2.75, 3.05) is 14.2 Å². The molecule has 1 fully saturated rings. The van der Waals surface area contributed by atoms with Crippen molar-refractivity contribution in [3.05, 3.63) is 0 Å². The van der Waals surface area contributed by atoms with Crippen LogP contribution in [0.5, 0.6) is 0 Å². The summed E-state index contributed by atoms with van der Waals surface area (Å²) in [5.41, 5.74) is 0. The summed E-state index contributed by atoms with van der Waals surface area (Å²) < 4.78 is 9.63. The van der Waals surface area contributed by atoms with Gasteiger partial charge in [0.15, 0.2) is 12.6 Å². The van der Waals surface area contributed by atoms with E-state index in [0.29, 0.717) is 6.42 Å². The van der Waals surface area contributed by atoms with Gasteiger partial charge in [0, 0.05) is 14.2 Å². The molecule has 0 N–H and O–H groups in total. The first-order valence-electron chi connectivity index (χ1n) is 2.74. The average molecular weight is 134 g/mol. The van der Waals surface area contributed by atoms with E-state index in [1.165, 1.54) is 0 Å². The second-order valence-corrected chi connectivity index (χ2v) is 1.76. The minimum Gasteiger partial charge on any atom is -0.353 e. The molecular formula is C5H10O4. The zero-order valence-electron chi connectivity index (χ0n) is 5.49. The normalized spacial score (nSPS) is 35.3. The van der Waals surface area contributed by atoms with Gasteiger partial charge in [-0.05, 0) is 0 Å². The lowest BCUT2D eigenvalue weighted by Gasteiger charge is -2.00. The summed E-state index contributed by atoms with van der Waals surface area (Å²) in [7, 11) is 3.12. The van der Waals surface area contributed by atoms with E-state index >= 15 is 0 Å². The van der Waals surface area contributed by atoms with Gasteiger partial charge in [0.25, 0.3) is 0 Å². The molecule has 4 nitrogen and oxygen atoms in total. The van der Waals surface area contributed by atoms with Gasteiger partial charge in [0.2, 0.25) is 0 Å². The van der Waals surface area contributed by atoms with Crippen LogP contribution in [0.15, 0.2) is 0 Å². The van der Waals surface area contributed by atoms with Gasteiger partial charge in [-0.15, -0.1) is 0 Å². The highest BCUT2D eigenvalue weighted by Crippen LogP contribution is 2.16. The maximum atomic E-state index is 4.82. The lowest BCUT2D eigenvalue weighted by atomic mass is 10.4. The predicted octanol–water partition coefficient (Wildman–Crippen LogP) is 0.283. The molecule has 0 aromatic rings. The highest BCUT2D eigenvalue weighted by Gasteiger charge is 2.26. The molecule has 0 aromatic carbocycles. The van der Waals surface area contributed by atoms with Gasteiger partial charge in [-0.1, -0.05) is 0 Å². The Labute approximate surface area is 53.6 Å². The zero-order chi connectivity index (χ0) is 6.69. The van der Waals surface area contributed by atoms with Crippen molar-refractivity contribution in [3.63, 3.8) is 0 Å². The molecule has 1 saturated heterocycles. The third-order valence-electron chi connectivity index (χ3n) is 1.18. The van der Waals surface area contributed by atoms with Crippen LogP contribution >= 0.6 is 0 Å². The Morgan fingerprint density at radius 1 is 1.11 bits per heavy atom. The molecule has 1 heterocycles. The Bertz CT molecular complexity index is 75.0. The van der Waals surface area contributed by atoms with Crippen molar-refractivity contribution in [1.29, 1.82) is 0 Å². The van der Waals surface area contributed by atoms with Crippen LogP contribution in [0.2, 0.25) is 0 Å². The van der Waals surface area contributed by atoms with Crippen molar-refractivity contribution in [3.8, 4) is 0 Å². The maximum absolute atomic E-state index is 4.82. The van der Waals surface area contributed by atoms with E-state index in [9.17, 15) is 0 Å². The molecule has 0 radical (unpaired) electrons. The predicted molar refractivity (Wildman–Crippen MR) is 28.4 cm³/mol.